The summed E-state index contributed by atoms with van der Waals surface area (Å²) in [6.07, 6.45) is 4.91. The standard InChI is InChI=1S/C16H19BrN2O2/c17-13-7-3-4-8-14(13)18-16(21)11-9-15(20)19(10-11)12-5-1-2-6-12/h3-4,7-8,11-12H,1-2,5-6,9-10H2,(H,18,21). The Morgan fingerprint density at radius 2 is 1.95 bits per heavy atom. The Balaban J connectivity index is 1.64. The molecule has 1 heterocycles. The molecule has 0 aromatic heterocycles. The van der Waals surface area contributed by atoms with Crippen molar-refractivity contribution in [3.05, 3.63) is 28.7 Å². The summed E-state index contributed by atoms with van der Waals surface area (Å²) in [6.45, 7) is 0.569. The molecule has 2 fully saturated rings. The lowest BCUT2D eigenvalue weighted by Crippen LogP contribution is -2.35. The molecule has 1 aromatic carbocycles. The second-order valence-electron chi connectivity index (χ2n) is 5.85. The number of hydrogen-bond donors (Lipinski definition) is 1. The topological polar surface area (TPSA) is 49.4 Å². The van der Waals surface area contributed by atoms with Gasteiger partial charge in [0.05, 0.1) is 11.6 Å². The van der Waals surface area contributed by atoms with Crippen LogP contribution in [0.4, 0.5) is 5.69 Å². The Morgan fingerprint density at radius 1 is 1.24 bits per heavy atom. The summed E-state index contributed by atoms with van der Waals surface area (Å²) in [7, 11) is 0. The summed E-state index contributed by atoms with van der Waals surface area (Å²) in [6, 6.07) is 7.89. The van der Waals surface area contributed by atoms with Crippen molar-refractivity contribution in [3.8, 4) is 0 Å². The lowest BCUT2D eigenvalue weighted by molar-refractivity contribution is -0.129. The van der Waals surface area contributed by atoms with E-state index in [-0.39, 0.29) is 17.7 Å². The number of rotatable bonds is 3. The largest absolute Gasteiger partial charge is 0.339 e. The number of carbonyl (C=O) groups is 2. The maximum absolute atomic E-state index is 12.4. The molecule has 112 valence electrons. The number of likely N-dealkylation sites (tertiary alicyclic amines) is 1. The molecule has 0 radical (unpaired) electrons. The minimum atomic E-state index is -0.231. The Labute approximate surface area is 133 Å². The van der Waals surface area contributed by atoms with Crippen molar-refractivity contribution in [1.82, 2.24) is 4.90 Å². The van der Waals surface area contributed by atoms with Gasteiger partial charge in [-0.3, -0.25) is 9.59 Å². The first-order valence-corrected chi connectivity index (χ1v) is 8.29. The van der Waals surface area contributed by atoms with E-state index in [0.29, 0.717) is 19.0 Å². The van der Waals surface area contributed by atoms with Crippen LogP contribution in [-0.4, -0.2) is 29.3 Å². The van der Waals surface area contributed by atoms with Gasteiger partial charge in [-0.1, -0.05) is 25.0 Å². The van der Waals surface area contributed by atoms with Gasteiger partial charge in [-0.05, 0) is 40.9 Å². The van der Waals surface area contributed by atoms with Crippen LogP contribution in [-0.2, 0) is 9.59 Å². The molecular formula is C16H19BrN2O2. The van der Waals surface area contributed by atoms with Crippen molar-refractivity contribution >= 4 is 33.4 Å². The molecule has 1 unspecified atom stereocenters. The molecular weight excluding hydrogens is 332 g/mol. The van der Waals surface area contributed by atoms with Crippen LogP contribution in [0.25, 0.3) is 0 Å². The third-order valence-corrected chi connectivity index (χ3v) is 5.12. The molecule has 3 rings (SSSR count). The maximum atomic E-state index is 12.4. The van der Waals surface area contributed by atoms with Crippen LogP contribution in [0.2, 0.25) is 0 Å². The molecule has 5 heteroatoms. The molecule has 2 aliphatic rings. The summed E-state index contributed by atoms with van der Waals surface area (Å²) >= 11 is 3.42. The molecule has 2 amide bonds. The number of nitrogens with one attached hydrogen (secondary N) is 1. The lowest BCUT2D eigenvalue weighted by Gasteiger charge is -2.23. The van der Waals surface area contributed by atoms with Crippen LogP contribution in [0.3, 0.4) is 0 Å². The molecule has 21 heavy (non-hydrogen) atoms. The lowest BCUT2D eigenvalue weighted by atomic mass is 10.1. The van der Waals surface area contributed by atoms with Gasteiger partial charge in [0.15, 0.2) is 0 Å². The fraction of sp³-hybridized carbons (Fsp3) is 0.500. The van der Waals surface area contributed by atoms with Gasteiger partial charge in [-0.25, -0.2) is 0 Å². The SMILES string of the molecule is O=C(Nc1ccccc1Br)C1CC(=O)N(C2CCCC2)C1. The first kappa shape index (κ1) is 14.6. The van der Waals surface area contributed by atoms with E-state index in [0.717, 1.165) is 23.0 Å². The van der Waals surface area contributed by atoms with Crippen LogP contribution in [0, 0.1) is 5.92 Å². The average Bonchev–Trinajstić information content (AvgIpc) is 3.10. The van der Waals surface area contributed by atoms with Gasteiger partial charge in [0.1, 0.15) is 0 Å². The van der Waals surface area contributed by atoms with Crippen molar-refractivity contribution in [1.29, 1.82) is 0 Å². The molecule has 1 saturated heterocycles. The molecule has 0 bridgehead atoms. The molecule has 4 nitrogen and oxygen atoms in total. The fourth-order valence-electron chi connectivity index (χ4n) is 3.27. The van der Waals surface area contributed by atoms with E-state index >= 15 is 0 Å². The summed E-state index contributed by atoms with van der Waals surface area (Å²) in [5.74, 6) is -0.157. The van der Waals surface area contributed by atoms with Gasteiger partial charge in [-0.15, -0.1) is 0 Å². The van der Waals surface area contributed by atoms with Crippen LogP contribution in [0.1, 0.15) is 32.1 Å². The van der Waals surface area contributed by atoms with Gasteiger partial charge < -0.3 is 10.2 Å². The summed E-state index contributed by atoms with van der Waals surface area (Å²) in [4.78, 5) is 26.4. The quantitative estimate of drug-likeness (QED) is 0.909. The molecule has 1 aliphatic heterocycles. The van der Waals surface area contributed by atoms with E-state index in [1.54, 1.807) is 0 Å². The molecule has 1 N–H and O–H groups in total. The maximum Gasteiger partial charge on any atom is 0.229 e. The highest BCUT2D eigenvalue weighted by atomic mass is 79.9. The normalized spacial score (nSPS) is 22.8. The highest BCUT2D eigenvalue weighted by Gasteiger charge is 2.38. The number of para-hydroxylation sites is 1. The van der Waals surface area contributed by atoms with Gasteiger partial charge in [-0.2, -0.15) is 0 Å². The Morgan fingerprint density at radius 3 is 2.67 bits per heavy atom. The van der Waals surface area contributed by atoms with Crippen molar-refractivity contribution < 1.29 is 9.59 Å². The Hall–Kier alpha value is -1.36. The van der Waals surface area contributed by atoms with Gasteiger partial charge >= 0.3 is 0 Å². The zero-order valence-electron chi connectivity index (χ0n) is 11.8. The van der Waals surface area contributed by atoms with Crippen LogP contribution < -0.4 is 5.32 Å². The monoisotopic (exact) mass is 350 g/mol. The van der Waals surface area contributed by atoms with E-state index < -0.39 is 0 Å². The number of hydrogen-bond acceptors (Lipinski definition) is 2. The van der Waals surface area contributed by atoms with Crippen molar-refractivity contribution in [2.24, 2.45) is 5.92 Å². The van der Waals surface area contributed by atoms with Gasteiger partial charge in [0.25, 0.3) is 0 Å². The van der Waals surface area contributed by atoms with Crippen LogP contribution in [0.5, 0.6) is 0 Å². The number of amides is 2. The summed E-state index contributed by atoms with van der Waals surface area (Å²) < 4.78 is 0.857. The number of nitrogens with zero attached hydrogens (tertiary/aromatic N) is 1. The molecule has 0 spiro atoms. The molecule has 1 aliphatic carbocycles. The van der Waals surface area contributed by atoms with E-state index in [9.17, 15) is 9.59 Å². The molecule has 1 aromatic rings. The van der Waals surface area contributed by atoms with Crippen molar-refractivity contribution in [2.45, 2.75) is 38.1 Å². The highest BCUT2D eigenvalue weighted by molar-refractivity contribution is 9.10. The molecule has 1 saturated carbocycles. The van der Waals surface area contributed by atoms with Crippen LogP contribution in [0.15, 0.2) is 28.7 Å². The Bertz CT molecular complexity index is 555. The number of carbonyl (C=O) groups excluding carboxylic acids is 2. The second kappa shape index (κ2) is 6.18. The van der Waals surface area contributed by atoms with E-state index in [2.05, 4.69) is 21.2 Å². The van der Waals surface area contributed by atoms with Gasteiger partial charge in [0.2, 0.25) is 11.8 Å². The predicted octanol–water partition coefficient (Wildman–Crippen LogP) is 3.18. The highest BCUT2D eigenvalue weighted by Crippen LogP contribution is 2.30. The number of anilines is 1. The fourth-order valence-corrected chi connectivity index (χ4v) is 3.66. The third-order valence-electron chi connectivity index (χ3n) is 4.43. The minimum absolute atomic E-state index is 0.0595. The third kappa shape index (κ3) is 3.12. The summed E-state index contributed by atoms with van der Waals surface area (Å²) in [5.41, 5.74) is 0.759. The van der Waals surface area contributed by atoms with E-state index in [1.807, 2.05) is 29.2 Å². The summed E-state index contributed by atoms with van der Waals surface area (Å²) in [5, 5.41) is 2.92. The first-order valence-electron chi connectivity index (χ1n) is 7.50. The number of halogens is 1. The molecule has 1 atom stereocenters. The van der Waals surface area contributed by atoms with Crippen molar-refractivity contribution in [3.63, 3.8) is 0 Å². The van der Waals surface area contributed by atoms with E-state index in [4.69, 9.17) is 0 Å². The van der Waals surface area contributed by atoms with Crippen molar-refractivity contribution in [2.75, 3.05) is 11.9 Å². The zero-order chi connectivity index (χ0) is 14.8. The minimum Gasteiger partial charge on any atom is -0.339 e. The first-order chi connectivity index (χ1) is 10.1. The predicted molar refractivity (Wildman–Crippen MR) is 84.8 cm³/mol. The van der Waals surface area contributed by atoms with Crippen LogP contribution >= 0.6 is 15.9 Å². The number of benzene rings is 1. The average molecular weight is 351 g/mol. The van der Waals surface area contributed by atoms with E-state index in [1.165, 1.54) is 12.8 Å². The second-order valence-corrected chi connectivity index (χ2v) is 6.71. The zero-order valence-corrected chi connectivity index (χ0v) is 13.4. The van der Waals surface area contributed by atoms with Gasteiger partial charge in [0, 0.05) is 23.5 Å². The smallest absolute Gasteiger partial charge is 0.229 e. The Kier molecular flexibility index (Phi) is 4.29.